The number of alkyl carbamates (subject to hydrolysis) is 1. The van der Waals surface area contributed by atoms with Crippen LogP contribution in [0.25, 0.3) is 0 Å². The first-order valence-corrected chi connectivity index (χ1v) is 12.9. The summed E-state index contributed by atoms with van der Waals surface area (Å²) in [5, 5.41) is 2.93. The van der Waals surface area contributed by atoms with E-state index < -0.39 is 23.3 Å². The zero-order chi connectivity index (χ0) is 26.4. The maximum atomic E-state index is 14.0. The fourth-order valence-electron chi connectivity index (χ4n) is 6.39. The molecule has 8 nitrogen and oxygen atoms in total. The number of likely N-dealkylation sites (N-methyl/N-ethyl adjacent to an activating group) is 1. The molecule has 0 saturated carbocycles. The molecule has 3 atom stereocenters. The molecule has 2 bridgehead atoms. The average Bonchev–Trinajstić information content (AvgIpc) is 3.11. The Hall–Kier alpha value is -2.68. The highest BCUT2D eigenvalue weighted by molar-refractivity contribution is 6.07. The molecule has 1 aromatic rings. The Bertz CT molecular complexity index is 1010. The molecular weight excluding hydrogens is 463 g/mol. The number of hydrogen-bond donors (Lipinski definition) is 1. The van der Waals surface area contributed by atoms with Gasteiger partial charge in [0.05, 0.1) is 6.04 Å². The fourth-order valence-corrected chi connectivity index (χ4v) is 6.39. The van der Waals surface area contributed by atoms with Crippen molar-refractivity contribution in [3.8, 4) is 0 Å². The molecule has 4 amide bonds. The molecule has 36 heavy (non-hydrogen) atoms. The van der Waals surface area contributed by atoms with E-state index in [0.29, 0.717) is 31.4 Å². The number of amides is 4. The van der Waals surface area contributed by atoms with Gasteiger partial charge < -0.3 is 15.0 Å². The van der Waals surface area contributed by atoms with E-state index in [1.165, 1.54) is 17.0 Å². The van der Waals surface area contributed by atoms with Gasteiger partial charge in [-0.05, 0) is 84.4 Å². The molecule has 3 saturated heterocycles. The Balaban J connectivity index is 1.50. The number of carbonyl (C=O) groups excluding carboxylic acids is 3. The Labute approximate surface area is 213 Å². The van der Waals surface area contributed by atoms with Gasteiger partial charge >= 0.3 is 12.1 Å². The smallest absolute Gasteiger partial charge is 0.408 e. The lowest BCUT2D eigenvalue weighted by atomic mass is 9.80. The first-order valence-electron chi connectivity index (χ1n) is 12.9. The molecule has 198 valence electrons. The van der Waals surface area contributed by atoms with Crippen LogP contribution < -0.4 is 5.32 Å². The number of ether oxygens (including phenoxy) is 1. The number of halogens is 1. The van der Waals surface area contributed by atoms with Crippen molar-refractivity contribution in [2.75, 3.05) is 13.6 Å². The minimum atomic E-state index is -0.779. The number of nitrogens with zero attached hydrogens (tertiary/aromatic N) is 3. The van der Waals surface area contributed by atoms with Crippen LogP contribution in [0, 0.1) is 5.82 Å². The molecule has 2 unspecified atom stereocenters. The molecule has 4 rings (SSSR count). The molecule has 1 aromatic carbocycles. The molecule has 3 fully saturated rings. The van der Waals surface area contributed by atoms with Crippen LogP contribution in [0.5, 0.6) is 0 Å². The van der Waals surface area contributed by atoms with Crippen molar-refractivity contribution in [3.63, 3.8) is 0 Å². The third kappa shape index (κ3) is 4.94. The summed E-state index contributed by atoms with van der Waals surface area (Å²) in [4.78, 5) is 44.2. The highest BCUT2D eigenvalue weighted by Gasteiger charge is 2.62. The van der Waals surface area contributed by atoms with Crippen LogP contribution in [0.2, 0.25) is 0 Å². The molecule has 0 aromatic heterocycles. The van der Waals surface area contributed by atoms with Gasteiger partial charge in [0, 0.05) is 31.7 Å². The summed E-state index contributed by atoms with van der Waals surface area (Å²) < 4.78 is 19.5. The minimum absolute atomic E-state index is 0.0623. The highest BCUT2D eigenvalue weighted by Crippen LogP contribution is 2.48. The highest BCUT2D eigenvalue weighted by atomic mass is 19.1. The molecule has 0 aliphatic carbocycles. The number of benzene rings is 1. The number of carbonyl (C=O) groups is 3. The summed E-state index contributed by atoms with van der Waals surface area (Å²) in [5.41, 5.74) is -0.734. The van der Waals surface area contributed by atoms with Crippen molar-refractivity contribution < 1.29 is 23.5 Å². The van der Waals surface area contributed by atoms with Crippen molar-refractivity contribution in [1.82, 2.24) is 20.0 Å². The number of urea groups is 1. The van der Waals surface area contributed by atoms with Crippen molar-refractivity contribution in [1.29, 1.82) is 0 Å². The quantitative estimate of drug-likeness (QED) is 0.582. The second-order valence-electron chi connectivity index (χ2n) is 11.7. The average molecular weight is 503 g/mol. The number of fused-ring (bicyclic) bond motifs is 2. The van der Waals surface area contributed by atoms with Crippen LogP contribution in [-0.2, 0) is 9.53 Å². The first-order chi connectivity index (χ1) is 16.8. The normalized spacial score (nSPS) is 27.3. The standard InChI is InChI=1S/C27H39FN4O4/c1-17(2)32-25(35)30(6)23(33)27(32)15-20-10-11-21(16-27)31(20)13-12-22(18-8-7-9-19(28)14-18)29-24(34)36-26(3,4)5/h7-9,14,17,20-22H,10-13,15-16H2,1-6H3,(H,29,34)/t20?,21?,22-,27?/m0/s1. The van der Waals surface area contributed by atoms with Crippen LogP contribution >= 0.6 is 0 Å². The summed E-state index contributed by atoms with van der Waals surface area (Å²) >= 11 is 0. The first kappa shape index (κ1) is 26.4. The Morgan fingerprint density at radius 2 is 1.83 bits per heavy atom. The van der Waals surface area contributed by atoms with Gasteiger partial charge in [0.15, 0.2) is 0 Å². The van der Waals surface area contributed by atoms with Crippen molar-refractivity contribution >= 4 is 18.0 Å². The van der Waals surface area contributed by atoms with Crippen LogP contribution in [0.1, 0.15) is 78.3 Å². The Morgan fingerprint density at radius 1 is 1.19 bits per heavy atom. The van der Waals surface area contributed by atoms with Gasteiger partial charge in [0.25, 0.3) is 5.91 Å². The zero-order valence-electron chi connectivity index (χ0n) is 22.2. The van der Waals surface area contributed by atoms with E-state index in [4.69, 9.17) is 4.74 Å². The molecule has 0 radical (unpaired) electrons. The van der Waals surface area contributed by atoms with Crippen molar-refractivity contribution in [2.24, 2.45) is 0 Å². The number of piperidine rings is 1. The summed E-state index contributed by atoms with van der Waals surface area (Å²) in [5.74, 6) is -0.451. The molecule has 3 aliphatic rings. The third-order valence-corrected chi connectivity index (χ3v) is 7.71. The second-order valence-corrected chi connectivity index (χ2v) is 11.7. The van der Waals surface area contributed by atoms with Crippen LogP contribution in [0.4, 0.5) is 14.0 Å². The zero-order valence-corrected chi connectivity index (χ0v) is 22.2. The van der Waals surface area contributed by atoms with Gasteiger partial charge in [-0.15, -0.1) is 0 Å². The van der Waals surface area contributed by atoms with Gasteiger partial charge in [-0.25, -0.2) is 14.0 Å². The van der Waals surface area contributed by atoms with E-state index in [1.807, 2.05) is 19.9 Å². The molecule has 3 aliphatic heterocycles. The maximum absolute atomic E-state index is 14.0. The third-order valence-electron chi connectivity index (χ3n) is 7.71. The minimum Gasteiger partial charge on any atom is -0.444 e. The molecule has 9 heteroatoms. The van der Waals surface area contributed by atoms with Crippen LogP contribution in [-0.4, -0.2) is 75.6 Å². The predicted octanol–water partition coefficient (Wildman–Crippen LogP) is 4.45. The lowest BCUT2D eigenvalue weighted by Crippen LogP contribution is -2.61. The van der Waals surface area contributed by atoms with E-state index in [0.717, 1.165) is 12.8 Å². The van der Waals surface area contributed by atoms with Gasteiger partial charge in [-0.2, -0.15) is 0 Å². The van der Waals surface area contributed by atoms with Gasteiger partial charge in [-0.1, -0.05) is 12.1 Å². The Morgan fingerprint density at radius 3 is 2.39 bits per heavy atom. The van der Waals surface area contributed by atoms with Crippen LogP contribution in [0.15, 0.2) is 24.3 Å². The predicted molar refractivity (Wildman–Crippen MR) is 134 cm³/mol. The molecule has 1 spiro atoms. The monoisotopic (exact) mass is 502 g/mol. The summed E-state index contributed by atoms with van der Waals surface area (Å²) in [7, 11) is 1.58. The van der Waals surface area contributed by atoms with Crippen molar-refractivity contribution in [3.05, 3.63) is 35.6 Å². The fraction of sp³-hybridized carbons (Fsp3) is 0.667. The summed E-state index contributed by atoms with van der Waals surface area (Å²) in [6.45, 7) is 10.0. The molecular formula is C27H39FN4O4. The largest absolute Gasteiger partial charge is 0.444 e. The second kappa shape index (κ2) is 9.65. The lowest BCUT2D eigenvalue weighted by molar-refractivity contribution is -0.137. The topological polar surface area (TPSA) is 82.2 Å². The number of nitrogens with one attached hydrogen (secondary N) is 1. The van der Waals surface area contributed by atoms with Gasteiger partial charge in [0.2, 0.25) is 0 Å². The van der Waals surface area contributed by atoms with E-state index in [1.54, 1.807) is 38.8 Å². The van der Waals surface area contributed by atoms with E-state index in [9.17, 15) is 18.8 Å². The maximum Gasteiger partial charge on any atom is 0.408 e. The molecule has 3 heterocycles. The Kier molecular flexibility index (Phi) is 7.07. The summed E-state index contributed by atoms with van der Waals surface area (Å²) in [6, 6.07) is 5.93. The molecule has 1 N–H and O–H groups in total. The number of rotatable bonds is 6. The SMILES string of the molecule is CC(C)N1C(=O)N(C)C(=O)C12CC1CCC(C2)N1CC[C@H](NC(=O)OC(C)(C)C)c1cccc(F)c1. The summed E-state index contributed by atoms with van der Waals surface area (Å²) in [6.07, 6.45) is 3.19. The van der Waals surface area contributed by atoms with E-state index in [-0.39, 0.29) is 35.9 Å². The van der Waals surface area contributed by atoms with E-state index >= 15 is 0 Å². The van der Waals surface area contributed by atoms with E-state index in [2.05, 4.69) is 10.2 Å². The number of imide groups is 1. The van der Waals surface area contributed by atoms with Gasteiger partial charge in [0.1, 0.15) is 17.0 Å². The number of hydrogen-bond acceptors (Lipinski definition) is 5. The van der Waals surface area contributed by atoms with Crippen LogP contribution in [0.3, 0.4) is 0 Å². The van der Waals surface area contributed by atoms with Gasteiger partial charge in [-0.3, -0.25) is 14.6 Å². The van der Waals surface area contributed by atoms with Crippen molar-refractivity contribution in [2.45, 2.75) is 102 Å². The lowest BCUT2D eigenvalue weighted by Gasteiger charge is -2.48.